The van der Waals surface area contributed by atoms with Crippen molar-refractivity contribution in [3.05, 3.63) is 29.5 Å². The van der Waals surface area contributed by atoms with Crippen LogP contribution in [0.1, 0.15) is 17.5 Å². The number of piperidine rings is 1. The number of aromatic hydroxyl groups is 1. The van der Waals surface area contributed by atoms with E-state index in [1.807, 2.05) is 26.1 Å². The van der Waals surface area contributed by atoms with E-state index < -0.39 is 0 Å². The summed E-state index contributed by atoms with van der Waals surface area (Å²) in [6.45, 7) is 5.87. The molecule has 1 aromatic carbocycles. The Morgan fingerprint density at radius 2 is 2.11 bits per heavy atom. The van der Waals surface area contributed by atoms with Crippen molar-refractivity contribution in [1.29, 1.82) is 0 Å². The summed E-state index contributed by atoms with van der Waals surface area (Å²) in [5.74, 6) is 0.233. The van der Waals surface area contributed by atoms with Gasteiger partial charge < -0.3 is 20.1 Å². The molecule has 0 unspecified atom stereocenters. The van der Waals surface area contributed by atoms with Gasteiger partial charge in [-0.3, -0.25) is 0 Å². The second-order valence-corrected chi connectivity index (χ2v) is 8.42. The lowest BCUT2D eigenvalue weighted by atomic mass is 10.0. The third kappa shape index (κ3) is 3.65. The maximum Gasteiger partial charge on any atom is 0.194 e. The summed E-state index contributed by atoms with van der Waals surface area (Å²) in [5.41, 5.74) is 3.41. The minimum atomic E-state index is 0.233. The fourth-order valence-corrected chi connectivity index (χ4v) is 4.74. The van der Waals surface area contributed by atoms with Gasteiger partial charge in [0.25, 0.3) is 0 Å². The first-order valence-electron chi connectivity index (χ1n) is 9.07. The minimum absolute atomic E-state index is 0.233. The first-order chi connectivity index (χ1) is 12.9. The molecule has 8 heteroatoms. The van der Waals surface area contributed by atoms with Crippen LogP contribution in [-0.2, 0) is 4.74 Å². The number of anilines is 1. The first kappa shape index (κ1) is 18.2. The standard InChI is InChI=1S/C19H25N5O2S/c1-11-5-12(2)17(15(25)6-11)24-10-16-18(22-24)21-19(27-16)20-13-7-14(26-4)9-23(3)8-13/h5-6,10,13-14,25H,7-9H2,1-4H3,(H,20,21,22)/t13-,14+/m1/s1. The number of aryl methyl sites for hydroxylation is 2. The van der Waals surface area contributed by atoms with Crippen LogP contribution in [0.4, 0.5) is 5.13 Å². The van der Waals surface area contributed by atoms with Crippen molar-refractivity contribution < 1.29 is 9.84 Å². The van der Waals surface area contributed by atoms with Crippen LogP contribution in [0.25, 0.3) is 16.0 Å². The zero-order valence-electron chi connectivity index (χ0n) is 16.1. The highest BCUT2D eigenvalue weighted by atomic mass is 32.1. The predicted molar refractivity (Wildman–Crippen MR) is 108 cm³/mol. The molecule has 1 saturated heterocycles. The van der Waals surface area contributed by atoms with Gasteiger partial charge in [0, 0.05) is 26.2 Å². The molecule has 2 atom stereocenters. The Morgan fingerprint density at radius 1 is 1.30 bits per heavy atom. The van der Waals surface area contributed by atoms with Gasteiger partial charge in [0.05, 0.1) is 17.0 Å². The molecule has 1 aliphatic rings. The van der Waals surface area contributed by atoms with E-state index in [9.17, 15) is 5.11 Å². The minimum Gasteiger partial charge on any atom is -0.506 e. The molecule has 144 valence electrons. The lowest BCUT2D eigenvalue weighted by Gasteiger charge is -2.35. The molecule has 27 heavy (non-hydrogen) atoms. The number of ether oxygens (including phenoxy) is 1. The Kier molecular flexibility index (Phi) is 4.79. The number of thiazole rings is 1. The molecule has 3 heterocycles. The summed E-state index contributed by atoms with van der Waals surface area (Å²) in [5, 5.41) is 19.3. The van der Waals surface area contributed by atoms with E-state index in [0.29, 0.717) is 17.4 Å². The van der Waals surface area contributed by atoms with Crippen LogP contribution in [0, 0.1) is 13.8 Å². The number of hydrogen-bond donors (Lipinski definition) is 2. The van der Waals surface area contributed by atoms with Gasteiger partial charge in [-0.25, -0.2) is 4.68 Å². The monoisotopic (exact) mass is 387 g/mol. The normalized spacial score (nSPS) is 21.0. The molecule has 0 spiro atoms. The molecule has 0 bridgehead atoms. The van der Waals surface area contributed by atoms with Crippen molar-refractivity contribution in [2.75, 3.05) is 32.6 Å². The molecular weight excluding hydrogens is 362 g/mol. The van der Waals surface area contributed by atoms with Crippen molar-refractivity contribution in [2.24, 2.45) is 0 Å². The highest BCUT2D eigenvalue weighted by Crippen LogP contribution is 2.31. The van der Waals surface area contributed by atoms with E-state index in [1.54, 1.807) is 29.2 Å². The van der Waals surface area contributed by atoms with Gasteiger partial charge in [-0.15, -0.1) is 5.10 Å². The number of benzene rings is 1. The maximum absolute atomic E-state index is 10.3. The van der Waals surface area contributed by atoms with Crippen LogP contribution < -0.4 is 5.32 Å². The largest absolute Gasteiger partial charge is 0.506 e. The molecule has 0 radical (unpaired) electrons. The molecule has 7 nitrogen and oxygen atoms in total. The highest BCUT2D eigenvalue weighted by Gasteiger charge is 2.26. The molecule has 1 aliphatic heterocycles. The Hall–Kier alpha value is -2.16. The fraction of sp³-hybridized carbons (Fsp3) is 0.474. The topological polar surface area (TPSA) is 75.4 Å². The van der Waals surface area contributed by atoms with Crippen LogP contribution in [-0.4, -0.2) is 64.2 Å². The van der Waals surface area contributed by atoms with Crippen molar-refractivity contribution >= 4 is 26.8 Å². The van der Waals surface area contributed by atoms with E-state index in [4.69, 9.17) is 4.74 Å². The van der Waals surface area contributed by atoms with E-state index in [-0.39, 0.29) is 11.9 Å². The third-order valence-electron chi connectivity index (χ3n) is 4.99. The molecule has 0 saturated carbocycles. The number of likely N-dealkylation sites (tertiary alicyclic amines) is 1. The van der Waals surface area contributed by atoms with Crippen LogP contribution in [0.2, 0.25) is 0 Å². The number of rotatable bonds is 4. The van der Waals surface area contributed by atoms with E-state index in [2.05, 4.69) is 27.3 Å². The summed E-state index contributed by atoms with van der Waals surface area (Å²) in [4.78, 5) is 6.92. The zero-order valence-corrected chi connectivity index (χ0v) is 16.9. The molecule has 0 aliphatic carbocycles. The Bertz CT molecular complexity index is 912. The predicted octanol–water partition coefficient (Wildman–Crippen LogP) is 2.94. The van der Waals surface area contributed by atoms with Crippen LogP contribution in [0.3, 0.4) is 0 Å². The fourth-order valence-electron chi connectivity index (χ4n) is 3.85. The van der Waals surface area contributed by atoms with Gasteiger partial charge in [-0.05, 0) is 44.5 Å². The Balaban J connectivity index is 1.56. The van der Waals surface area contributed by atoms with Crippen molar-refractivity contribution in [2.45, 2.75) is 32.4 Å². The first-order valence-corrected chi connectivity index (χ1v) is 9.89. The lowest BCUT2D eigenvalue weighted by Crippen LogP contribution is -2.47. The third-order valence-corrected chi connectivity index (χ3v) is 5.90. The number of nitrogens with one attached hydrogen (secondary N) is 1. The summed E-state index contributed by atoms with van der Waals surface area (Å²) in [6.07, 6.45) is 3.14. The second-order valence-electron chi connectivity index (χ2n) is 7.39. The number of fused-ring (bicyclic) bond motifs is 1. The number of aromatic nitrogens is 3. The number of phenols is 1. The van der Waals surface area contributed by atoms with Gasteiger partial charge in [0.15, 0.2) is 10.8 Å². The van der Waals surface area contributed by atoms with E-state index in [0.717, 1.165) is 40.5 Å². The quantitative estimate of drug-likeness (QED) is 0.717. The number of hydrogen-bond acceptors (Lipinski definition) is 7. The summed E-state index contributed by atoms with van der Waals surface area (Å²) < 4.78 is 8.24. The molecule has 2 aromatic heterocycles. The average molecular weight is 388 g/mol. The second kappa shape index (κ2) is 7.10. The number of nitrogens with zero attached hydrogens (tertiary/aromatic N) is 4. The van der Waals surface area contributed by atoms with Gasteiger partial charge >= 0.3 is 0 Å². The summed E-state index contributed by atoms with van der Waals surface area (Å²) >= 11 is 1.58. The van der Waals surface area contributed by atoms with Crippen molar-refractivity contribution in [3.63, 3.8) is 0 Å². The van der Waals surface area contributed by atoms with Crippen molar-refractivity contribution in [1.82, 2.24) is 19.7 Å². The Morgan fingerprint density at radius 3 is 2.81 bits per heavy atom. The highest BCUT2D eigenvalue weighted by molar-refractivity contribution is 7.22. The van der Waals surface area contributed by atoms with E-state index >= 15 is 0 Å². The van der Waals surface area contributed by atoms with Gasteiger partial charge in [0.1, 0.15) is 11.4 Å². The van der Waals surface area contributed by atoms with Crippen LogP contribution >= 0.6 is 11.3 Å². The smallest absolute Gasteiger partial charge is 0.194 e. The van der Waals surface area contributed by atoms with Crippen LogP contribution in [0.5, 0.6) is 5.75 Å². The number of methoxy groups -OCH3 is 1. The molecule has 3 aromatic rings. The average Bonchev–Trinajstić information content (AvgIpc) is 3.11. The Labute approximate surface area is 162 Å². The SMILES string of the molecule is CO[C@H]1C[C@@H](Nc2nc3nn(-c4c(C)cc(C)cc4O)cc3s2)CN(C)C1. The van der Waals surface area contributed by atoms with E-state index in [1.165, 1.54) is 0 Å². The molecule has 0 amide bonds. The molecular formula is C19H25N5O2S. The lowest BCUT2D eigenvalue weighted by molar-refractivity contribution is 0.0360. The molecule has 2 N–H and O–H groups in total. The van der Waals surface area contributed by atoms with Crippen molar-refractivity contribution in [3.8, 4) is 11.4 Å². The summed E-state index contributed by atoms with van der Waals surface area (Å²) in [7, 11) is 3.88. The summed E-state index contributed by atoms with van der Waals surface area (Å²) in [6, 6.07) is 4.10. The maximum atomic E-state index is 10.3. The van der Waals surface area contributed by atoms with Crippen LogP contribution in [0.15, 0.2) is 18.3 Å². The van der Waals surface area contributed by atoms with Gasteiger partial charge in [0.2, 0.25) is 0 Å². The van der Waals surface area contributed by atoms with Gasteiger partial charge in [-0.1, -0.05) is 17.4 Å². The van der Waals surface area contributed by atoms with Gasteiger partial charge in [-0.2, -0.15) is 4.98 Å². The molecule has 1 fully saturated rings. The molecule has 4 rings (SSSR count). The zero-order chi connectivity index (χ0) is 19.1. The number of phenolic OH excluding ortho intramolecular Hbond substituents is 1. The number of likely N-dealkylation sites (N-methyl/N-ethyl adjacent to an activating group) is 1.